The van der Waals surface area contributed by atoms with Gasteiger partial charge in [-0.1, -0.05) is 6.07 Å². The van der Waals surface area contributed by atoms with Gasteiger partial charge in [0, 0.05) is 12.1 Å². The highest BCUT2D eigenvalue weighted by Crippen LogP contribution is 2.27. The van der Waals surface area contributed by atoms with Gasteiger partial charge >= 0.3 is 0 Å². The molecule has 0 fully saturated rings. The van der Waals surface area contributed by atoms with Gasteiger partial charge < -0.3 is 19.2 Å². The molecule has 3 aromatic rings. The Bertz CT molecular complexity index is 847. The maximum absolute atomic E-state index is 13.0. The van der Waals surface area contributed by atoms with E-state index in [2.05, 4.69) is 10.3 Å². The standard InChI is InChI=1S/C20H21FN2O3/c1-24-18-8-3-14(11-19(18)25-2)9-10-22-12-17-13-26-20(23-17)15-4-6-16(21)7-5-15/h3-8,11,13,22H,9-10,12H2,1-2H3. The largest absolute Gasteiger partial charge is 0.493 e. The Morgan fingerprint density at radius 3 is 2.54 bits per heavy atom. The molecule has 5 nitrogen and oxygen atoms in total. The van der Waals surface area contributed by atoms with Crippen molar-refractivity contribution >= 4 is 0 Å². The molecule has 1 aromatic heterocycles. The van der Waals surface area contributed by atoms with Crippen LogP contribution in [0.2, 0.25) is 0 Å². The first-order chi connectivity index (χ1) is 12.7. The predicted octanol–water partition coefficient (Wildman–Crippen LogP) is 3.83. The summed E-state index contributed by atoms with van der Waals surface area (Å²) in [4.78, 5) is 4.42. The van der Waals surface area contributed by atoms with E-state index >= 15 is 0 Å². The number of halogens is 1. The Kier molecular flexibility index (Phi) is 5.86. The minimum Gasteiger partial charge on any atom is -0.493 e. The first-order valence-corrected chi connectivity index (χ1v) is 8.31. The third-order valence-electron chi connectivity index (χ3n) is 3.99. The van der Waals surface area contributed by atoms with Gasteiger partial charge in [0.2, 0.25) is 5.89 Å². The van der Waals surface area contributed by atoms with E-state index in [4.69, 9.17) is 13.9 Å². The van der Waals surface area contributed by atoms with Gasteiger partial charge in [-0.3, -0.25) is 0 Å². The number of benzene rings is 2. The van der Waals surface area contributed by atoms with E-state index in [9.17, 15) is 4.39 Å². The van der Waals surface area contributed by atoms with E-state index < -0.39 is 0 Å². The molecule has 2 aromatic carbocycles. The van der Waals surface area contributed by atoms with Crippen molar-refractivity contribution in [3.63, 3.8) is 0 Å². The highest BCUT2D eigenvalue weighted by molar-refractivity contribution is 5.52. The maximum atomic E-state index is 13.0. The number of methoxy groups -OCH3 is 2. The molecule has 6 heteroatoms. The van der Waals surface area contributed by atoms with E-state index in [0.29, 0.717) is 12.4 Å². The molecule has 1 heterocycles. The number of oxazole rings is 1. The number of hydrogen-bond donors (Lipinski definition) is 1. The average Bonchev–Trinajstić information content (AvgIpc) is 3.14. The lowest BCUT2D eigenvalue weighted by Gasteiger charge is -2.09. The van der Waals surface area contributed by atoms with Crippen molar-refractivity contribution < 1.29 is 18.3 Å². The van der Waals surface area contributed by atoms with Gasteiger partial charge in [-0.05, 0) is 54.9 Å². The fourth-order valence-corrected chi connectivity index (χ4v) is 2.60. The quantitative estimate of drug-likeness (QED) is 0.622. The molecule has 0 aliphatic rings. The maximum Gasteiger partial charge on any atom is 0.226 e. The van der Waals surface area contributed by atoms with Crippen molar-refractivity contribution in [2.75, 3.05) is 20.8 Å². The Labute approximate surface area is 151 Å². The second-order valence-corrected chi connectivity index (χ2v) is 5.77. The van der Waals surface area contributed by atoms with Gasteiger partial charge in [-0.2, -0.15) is 0 Å². The van der Waals surface area contributed by atoms with E-state index in [-0.39, 0.29) is 5.82 Å². The van der Waals surface area contributed by atoms with Crippen molar-refractivity contribution in [2.45, 2.75) is 13.0 Å². The first kappa shape index (κ1) is 17.9. The zero-order valence-corrected chi connectivity index (χ0v) is 14.8. The highest BCUT2D eigenvalue weighted by Gasteiger charge is 2.07. The zero-order chi connectivity index (χ0) is 18.4. The minimum absolute atomic E-state index is 0.280. The van der Waals surface area contributed by atoms with Crippen LogP contribution < -0.4 is 14.8 Å². The highest BCUT2D eigenvalue weighted by atomic mass is 19.1. The van der Waals surface area contributed by atoms with Gasteiger partial charge in [0.15, 0.2) is 11.5 Å². The molecule has 0 radical (unpaired) electrons. The molecule has 1 N–H and O–H groups in total. The minimum atomic E-state index is -0.280. The molecule has 26 heavy (non-hydrogen) atoms. The Morgan fingerprint density at radius 1 is 1.04 bits per heavy atom. The van der Waals surface area contributed by atoms with Crippen LogP contribution in [0.3, 0.4) is 0 Å². The van der Waals surface area contributed by atoms with Crippen LogP contribution >= 0.6 is 0 Å². The molecular weight excluding hydrogens is 335 g/mol. The predicted molar refractivity (Wildman–Crippen MR) is 96.9 cm³/mol. The van der Waals surface area contributed by atoms with Crippen molar-refractivity contribution in [1.82, 2.24) is 10.3 Å². The van der Waals surface area contributed by atoms with Gasteiger partial charge in [-0.25, -0.2) is 9.37 Å². The lowest BCUT2D eigenvalue weighted by atomic mass is 10.1. The van der Waals surface area contributed by atoms with Crippen molar-refractivity contribution in [3.05, 3.63) is 65.8 Å². The molecule has 0 amide bonds. The van der Waals surface area contributed by atoms with Crippen LogP contribution in [0.5, 0.6) is 11.5 Å². The van der Waals surface area contributed by atoms with Gasteiger partial charge in [0.25, 0.3) is 0 Å². The molecule has 0 atom stereocenters. The number of hydrogen-bond acceptors (Lipinski definition) is 5. The summed E-state index contributed by atoms with van der Waals surface area (Å²) >= 11 is 0. The van der Waals surface area contributed by atoms with Crippen LogP contribution in [0.25, 0.3) is 11.5 Å². The van der Waals surface area contributed by atoms with E-state index in [1.165, 1.54) is 12.1 Å². The first-order valence-electron chi connectivity index (χ1n) is 8.31. The molecule has 3 rings (SSSR count). The number of nitrogens with zero attached hydrogens (tertiary/aromatic N) is 1. The summed E-state index contributed by atoms with van der Waals surface area (Å²) in [5.41, 5.74) is 2.71. The molecular formula is C20H21FN2O3. The fraction of sp³-hybridized carbons (Fsp3) is 0.250. The lowest BCUT2D eigenvalue weighted by molar-refractivity contribution is 0.354. The summed E-state index contributed by atoms with van der Waals surface area (Å²) in [6.45, 7) is 1.38. The molecule has 136 valence electrons. The van der Waals surface area contributed by atoms with Crippen LogP contribution in [0.15, 0.2) is 53.1 Å². The number of nitrogens with one attached hydrogen (secondary N) is 1. The normalized spacial score (nSPS) is 10.7. The zero-order valence-electron chi connectivity index (χ0n) is 14.8. The van der Waals surface area contributed by atoms with Crippen LogP contribution in [-0.4, -0.2) is 25.7 Å². The van der Waals surface area contributed by atoms with E-state index in [1.54, 1.807) is 32.6 Å². The number of ether oxygens (including phenoxy) is 2. The third-order valence-corrected chi connectivity index (χ3v) is 3.99. The van der Waals surface area contributed by atoms with Crippen molar-refractivity contribution in [3.8, 4) is 23.0 Å². The molecule has 0 aliphatic heterocycles. The summed E-state index contributed by atoms with van der Waals surface area (Å²) in [7, 11) is 3.25. The topological polar surface area (TPSA) is 56.5 Å². The molecule has 0 bridgehead atoms. The van der Waals surface area contributed by atoms with Crippen molar-refractivity contribution in [2.24, 2.45) is 0 Å². The summed E-state index contributed by atoms with van der Waals surface area (Å²) < 4.78 is 29.0. The van der Waals surface area contributed by atoms with Gasteiger partial charge in [0.05, 0.1) is 19.9 Å². The fourth-order valence-electron chi connectivity index (χ4n) is 2.60. The molecule has 0 spiro atoms. The van der Waals surface area contributed by atoms with Crippen LogP contribution in [0.4, 0.5) is 4.39 Å². The van der Waals surface area contributed by atoms with Crippen LogP contribution in [0.1, 0.15) is 11.3 Å². The van der Waals surface area contributed by atoms with E-state index in [0.717, 1.165) is 41.3 Å². The summed E-state index contributed by atoms with van der Waals surface area (Å²) in [6, 6.07) is 12.0. The van der Waals surface area contributed by atoms with Gasteiger partial charge in [0.1, 0.15) is 12.1 Å². The summed E-state index contributed by atoms with van der Waals surface area (Å²) in [5.74, 6) is 1.66. The van der Waals surface area contributed by atoms with Crippen molar-refractivity contribution in [1.29, 1.82) is 0 Å². The Hall–Kier alpha value is -2.86. The van der Waals surface area contributed by atoms with Gasteiger partial charge in [-0.15, -0.1) is 0 Å². The number of rotatable bonds is 8. The lowest BCUT2D eigenvalue weighted by Crippen LogP contribution is -2.16. The molecule has 0 unspecified atom stereocenters. The Balaban J connectivity index is 1.50. The molecule has 0 saturated carbocycles. The SMILES string of the molecule is COc1ccc(CCNCc2coc(-c3ccc(F)cc3)n2)cc1OC. The molecule has 0 aliphatic carbocycles. The average molecular weight is 356 g/mol. The van der Waals surface area contributed by atoms with Crippen LogP contribution in [0, 0.1) is 5.82 Å². The monoisotopic (exact) mass is 356 g/mol. The third kappa shape index (κ3) is 4.40. The second kappa shape index (κ2) is 8.49. The summed E-state index contributed by atoms with van der Waals surface area (Å²) in [5, 5.41) is 3.34. The smallest absolute Gasteiger partial charge is 0.226 e. The second-order valence-electron chi connectivity index (χ2n) is 5.77. The van der Waals surface area contributed by atoms with Crippen LogP contribution in [-0.2, 0) is 13.0 Å². The van der Waals surface area contributed by atoms with E-state index in [1.807, 2.05) is 18.2 Å². The number of aromatic nitrogens is 1. The molecule has 0 saturated heterocycles. The summed E-state index contributed by atoms with van der Waals surface area (Å²) in [6.07, 6.45) is 2.46. The Morgan fingerprint density at radius 2 is 1.81 bits per heavy atom.